The maximum absolute atomic E-state index is 12.5. The molecule has 1 aliphatic carbocycles. The van der Waals surface area contributed by atoms with Gasteiger partial charge < -0.3 is 14.4 Å². The van der Waals surface area contributed by atoms with Gasteiger partial charge in [0.2, 0.25) is 5.43 Å². The van der Waals surface area contributed by atoms with Gasteiger partial charge in [0.1, 0.15) is 22.0 Å². The zero-order valence-corrected chi connectivity index (χ0v) is 15.2. The average Bonchev–Trinajstić information content (AvgIpc) is 2.66. The number of nitrogens with zero attached hydrogens (tertiary/aromatic N) is 2. The van der Waals surface area contributed by atoms with E-state index < -0.39 is 0 Å². The Bertz CT molecular complexity index is 1170. The van der Waals surface area contributed by atoms with Crippen molar-refractivity contribution >= 4 is 39.2 Å². The Balaban J connectivity index is 2.08. The van der Waals surface area contributed by atoms with Crippen LogP contribution in [-0.2, 0) is 0 Å². The Morgan fingerprint density at radius 3 is 2.62 bits per heavy atom. The number of aromatic hydroxyl groups is 1. The van der Waals surface area contributed by atoms with Crippen molar-refractivity contribution in [1.82, 2.24) is 4.98 Å². The number of rotatable bonds is 3. The predicted octanol–water partition coefficient (Wildman–Crippen LogP) is 4.65. The van der Waals surface area contributed by atoms with E-state index in [0.717, 1.165) is 18.8 Å². The Kier molecular flexibility index (Phi) is 3.96. The molecule has 2 aromatic carbocycles. The SMILES string of the molecule is CCN(CC)c1ccc2nc3c4cc(O)ccc4c(=O)c(Cl)c-3oc2c1. The van der Waals surface area contributed by atoms with E-state index in [4.69, 9.17) is 16.0 Å². The normalized spacial score (nSPS) is 11.5. The maximum Gasteiger partial charge on any atom is 0.208 e. The highest BCUT2D eigenvalue weighted by atomic mass is 35.5. The molecule has 4 rings (SSSR count). The molecule has 1 N–H and O–H groups in total. The Morgan fingerprint density at radius 2 is 1.88 bits per heavy atom. The number of anilines is 1. The number of aromatic nitrogens is 1. The lowest BCUT2D eigenvalue weighted by atomic mass is 10.0. The van der Waals surface area contributed by atoms with Gasteiger partial charge in [0, 0.05) is 35.6 Å². The first kappa shape index (κ1) is 16.7. The quantitative estimate of drug-likeness (QED) is 0.421. The Hall–Kier alpha value is -2.79. The number of phenolic OH excluding ortho intramolecular Hbond substituents is 1. The van der Waals surface area contributed by atoms with Gasteiger partial charge in [0.05, 0.1) is 0 Å². The summed E-state index contributed by atoms with van der Waals surface area (Å²) in [6, 6.07) is 10.3. The van der Waals surface area contributed by atoms with E-state index >= 15 is 0 Å². The van der Waals surface area contributed by atoms with Crippen molar-refractivity contribution < 1.29 is 9.52 Å². The third-order valence-electron chi connectivity index (χ3n) is 4.63. The van der Waals surface area contributed by atoms with Gasteiger partial charge in [-0.15, -0.1) is 0 Å². The van der Waals surface area contributed by atoms with Gasteiger partial charge in [0.25, 0.3) is 0 Å². The summed E-state index contributed by atoms with van der Waals surface area (Å²) in [7, 11) is 0. The molecule has 1 aliphatic heterocycles. The summed E-state index contributed by atoms with van der Waals surface area (Å²) < 4.78 is 5.98. The van der Waals surface area contributed by atoms with Crippen molar-refractivity contribution in [2.24, 2.45) is 0 Å². The molecule has 0 aromatic heterocycles. The minimum absolute atomic E-state index is 0.000770. The van der Waals surface area contributed by atoms with Crippen molar-refractivity contribution in [3.63, 3.8) is 0 Å². The molecule has 0 amide bonds. The molecule has 1 heterocycles. The molecule has 0 atom stereocenters. The van der Waals surface area contributed by atoms with Crippen LogP contribution in [-0.4, -0.2) is 23.2 Å². The first-order chi connectivity index (χ1) is 12.5. The number of hydrogen-bond donors (Lipinski definition) is 1. The summed E-state index contributed by atoms with van der Waals surface area (Å²) in [6.45, 7) is 5.92. The van der Waals surface area contributed by atoms with Crippen LogP contribution >= 0.6 is 11.6 Å². The molecule has 2 aliphatic rings. The summed E-state index contributed by atoms with van der Waals surface area (Å²) in [5, 5.41) is 10.7. The summed E-state index contributed by atoms with van der Waals surface area (Å²) in [6.07, 6.45) is 0. The molecular formula is C20H17ClN2O3. The van der Waals surface area contributed by atoms with E-state index in [1.165, 1.54) is 12.1 Å². The lowest BCUT2D eigenvalue weighted by Gasteiger charge is -2.21. The molecular weight excluding hydrogens is 352 g/mol. The molecule has 6 heteroatoms. The molecule has 2 aromatic rings. The molecule has 26 heavy (non-hydrogen) atoms. The van der Waals surface area contributed by atoms with Gasteiger partial charge in [0.15, 0.2) is 11.3 Å². The van der Waals surface area contributed by atoms with Crippen LogP contribution in [0.2, 0.25) is 5.02 Å². The van der Waals surface area contributed by atoms with Gasteiger partial charge in [-0.3, -0.25) is 4.79 Å². The topological polar surface area (TPSA) is 66.6 Å². The van der Waals surface area contributed by atoms with Gasteiger partial charge in [-0.25, -0.2) is 4.98 Å². The largest absolute Gasteiger partial charge is 0.508 e. The van der Waals surface area contributed by atoms with E-state index in [-0.39, 0.29) is 22.0 Å². The van der Waals surface area contributed by atoms with Crippen molar-refractivity contribution in [3.8, 4) is 17.2 Å². The monoisotopic (exact) mass is 368 g/mol. The predicted molar refractivity (Wildman–Crippen MR) is 105 cm³/mol. The van der Waals surface area contributed by atoms with Crippen LogP contribution in [0.1, 0.15) is 13.8 Å². The highest BCUT2D eigenvalue weighted by Crippen LogP contribution is 2.36. The summed E-state index contributed by atoms with van der Waals surface area (Å²) in [4.78, 5) is 19.4. The third kappa shape index (κ3) is 2.47. The third-order valence-corrected chi connectivity index (χ3v) is 4.98. The highest BCUT2D eigenvalue weighted by molar-refractivity contribution is 6.34. The van der Waals surface area contributed by atoms with Crippen LogP contribution in [0.15, 0.2) is 45.6 Å². The lowest BCUT2D eigenvalue weighted by molar-refractivity contribution is 0.476. The Labute approximate surface area is 154 Å². The number of benzene rings is 3. The van der Waals surface area contributed by atoms with Gasteiger partial charge in [-0.2, -0.15) is 0 Å². The lowest BCUT2D eigenvalue weighted by Crippen LogP contribution is -2.21. The maximum atomic E-state index is 12.5. The zero-order chi connectivity index (χ0) is 18.4. The molecule has 0 spiro atoms. The first-order valence-electron chi connectivity index (χ1n) is 8.47. The second-order valence-corrected chi connectivity index (χ2v) is 6.47. The molecule has 0 bridgehead atoms. The van der Waals surface area contributed by atoms with Crippen LogP contribution in [0.4, 0.5) is 5.69 Å². The number of hydrogen-bond acceptors (Lipinski definition) is 5. The number of halogens is 1. The molecule has 0 saturated carbocycles. The second-order valence-electron chi connectivity index (χ2n) is 6.09. The van der Waals surface area contributed by atoms with E-state index in [2.05, 4.69) is 23.7 Å². The van der Waals surface area contributed by atoms with E-state index in [0.29, 0.717) is 27.6 Å². The Morgan fingerprint density at radius 1 is 1.12 bits per heavy atom. The molecule has 0 unspecified atom stereocenters. The van der Waals surface area contributed by atoms with Crippen molar-refractivity contribution in [3.05, 3.63) is 51.6 Å². The number of fused-ring (bicyclic) bond motifs is 4. The summed E-state index contributed by atoms with van der Waals surface area (Å²) in [5.41, 5.74) is 2.36. The summed E-state index contributed by atoms with van der Waals surface area (Å²) in [5.74, 6) is 0.290. The smallest absolute Gasteiger partial charge is 0.208 e. The zero-order valence-electron chi connectivity index (χ0n) is 14.4. The molecule has 0 fully saturated rings. The van der Waals surface area contributed by atoms with Crippen molar-refractivity contribution in [2.45, 2.75) is 13.8 Å². The highest BCUT2D eigenvalue weighted by Gasteiger charge is 2.21. The fourth-order valence-electron chi connectivity index (χ4n) is 3.27. The molecule has 132 valence electrons. The standard InChI is InChI=1S/C20H17ClN2O3/c1-3-23(4-2)11-5-8-15-16(9-11)26-20-17(21)19(25)13-7-6-12(24)10-14(13)18(20)22-15/h5-10,24H,3-4H2,1-2H3. The van der Waals surface area contributed by atoms with Gasteiger partial charge in [-0.05, 0) is 44.2 Å². The molecule has 0 saturated heterocycles. The van der Waals surface area contributed by atoms with E-state index in [1.807, 2.05) is 18.2 Å². The van der Waals surface area contributed by atoms with Crippen LogP contribution in [0.3, 0.4) is 0 Å². The second kappa shape index (κ2) is 6.18. The van der Waals surface area contributed by atoms with Crippen LogP contribution < -0.4 is 10.3 Å². The van der Waals surface area contributed by atoms with Crippen LogP contribution in [0.25, 0.3) is 33.3 Å². The molecule has 0 radical (unpaired) electrons. The van der Waals surface area contributed by atoms with Crippen LogP contribution in [0.5, 0.6) is 5.75 Å². The minimum atomic E-state index is -0.334. The fraction of sp³-hybridized carbons (Fsp3) is 0.200. The van der Waals surface area contributed by atoms with Crippen molar-refractivity contribution in [2.75, 3.05) is 18.0 Å². The molecule has 5 nitrogen and oxygen atoms in total. The average molecular weight is 369 g/mol. The minimum Gasteiger partial charge on any atom is -0.508 e. The summed E-state index contributed by atoms with van der Waals surface area (Å²) >= 11 is 6.28. The van der Waals surface area contributed by atoms with Crippen molar-refractivity contribution in [1.29, 1.82) is 0 Å². The fourth-order valence-corrected chi connectivity index (χ4v) is 3.50. The van der Waals surface area contributed by atoms with Gasteiger partial charge in [-0.1, -0.05) is 11.6 Å². The van der Waals surface area contributed by atoms with Crippen LogP contribution in [0, 0.1) is 0 Å². The number of phenols is 1. The van der Waals surface area contributed by atoms with E-state index in [9.17, 15) is 9.90 Å². The van der Waals surface area contributed by atoms with E-state index in [1.54, 1.807) is 6.07 Å². The van der Waals surface area contributed by atoms with Gasteiger partial charge >= 0.3 is 0 Å². The first-order valence-corrected chi connectivity index (χ1v) is 8.85.